The molecule has 2 aromatic rings. The molecule has 1 amide bonds. The first-order valence-corrected chi connectivity index (χ1v) is 9.61. The third-order valence-electron chi connectivity index (χ3n) is 4.83. The molecule has 0 saturated carbocycles. The largest absolute Gasteiger partial charge is 0.355 e. The Morgan fingerprint density at radius 1 is 1.07 bits per heavy atom. The number of hydrogen-bond donors (Lipinski definition) is 2. The predicted octanol–water partition coefficient (Wildman–Crippen LogP) is 3.31. The van der Waals surface area contributed by atoms with Crippen molar-refractivity contribution in [3.8, 4) is 0 Å². The molecule has 1 unspecified atom stereocenters. The van der Waals surface area contributed by atoms with Crippen molar-refractivity contribution in [2.75, 3.05) is 39.3 Å². The first-order chi connectivity index (χ1) is 12.7. The van der Waals surface area contributed by atoms with Gasteiger partial charge in [0.25, 0.3) is 0 Å². The van der Waals surface area contributed by atoms with Gasteiger partial charge in [-0.25, -0.2) is 0 Å². The average Bonchev–Trinajstić information content (AvgIpc) is 2.68. The van der Waals surface area contributed by atoms with Gasteiger partial charge >= 0.3 is 0 Å². The zero-order valence-electron chi connectivity index (χ0n) is 15.4. The smallest absolute Gasteiger partial charge is 0.220 e. The molecule has 0 aliphatic carbocycles. The van der Waals surface area contributed by atoms with Crippen molar-refractivity contribution in [1.82, 2.24) is 15.5 Å². The second-order valence-electron chi connectivity index (χ2n) is 6.63. The Bertz CT molecular complexity index is 706. The van der Waals surface area contributed by atoms with E-state index in [1.165, 1.54) is 0 Å². The summed E-state index contributed by atoms with van der Waals surface area (Å²) in [5.74, 6) is 0.0259. The molecule has 27 heavy (non-hydrogen) atoms. The highest BCUT2D eigenvalue weighted by Gasteiger charge is 2.20. The first kappa shape index (κ1) is 21.7. The lowest BCUT2D eigenvalue weighted by molar-refractivity contribution is -0.121. The number of nitrogens with zero attached hydrogens (tertiary/aromatic N) is 1. The lowest BCUT2D eigenvalue weighted by Gasteiger charge is -2.27. The molecule has 1 atom stereocenters. The molecule has 2 N–H and O–H groups in total. The number of carbonyl (C=O) groups excluding carboxylic acids is 1. The van der Waals surface area contributed by atoms with Crippen LogP contribution in [-0.4, -0.2) is 50.1 Å². The van der Waals surface area contributed by atoms with Gasteiger partial charge in [0.1, 0.15) is 0 Å². The lowest BCUT2D eigenvalue weighted by Crippen LogP contribution is -2.46. The van der Waals surface area contributed by atoms with Crippen molar-refractivity contribution in [3.05, 3.63) is 70.7 Å². The summed E-state index contributed by atoms with van der Waals surface area (Å²) in [5, 5.41) is 7.12. The van der Waals surface area contributed by atoms with E-state index in [2.05, 4.69) is 27.7 Å². The molecular formula is C21H27Cl2N3O. The molecule has 1 aliphatic rings. The third kappa shape index (κ3) is 6.51. The molecular weight excluding hydrogens is 381 g/mol. The van der Waals surface area contributed by atoms with Crippen molar-refractivity contribution in [2.45, 2.75) is 12.3 Å². The Balaban J connectivity index is 0.00000261. The van der Waals surface area contributed by atoms with Gasteiger partial charge in [0.05, 0.1) is 0 Å². The molecule has 1 fully saturated rings. The Morgan fingerprint density at radius 3 is 2.44 bits per heavy atom. The third-order valence-corrected chi connectivity index (χ3v) is 5.18. The van der Waals surface area contributed by atoms with Crippen molar-refractivity contribution in [2.24, 2.45) is 0 Å². The van der Waals surface area contributed by atoms with Crippen LogP contribution < -0.4 is 10.6 Å². The summed E-state index contributed by atoms with van der Waals surface area (Å²) < 4.78 is 0. The Hall–Kier alpha value is -1.59. The predicted molar refractivity (Wildman–Crippen MR) is 114 cm³/mol. The normalized spacial score (nSPS) is 15.6. The molecule has 0 radical (unpaired) electrons. The van der Waals surface area contributed by atoms with Crippen LogP contribution in [0.4, 0.5) is 0 Å². The van der Waals surface area contributed by atoms with Crippen LogP contribution in [0.5, 0.6) is 0 Å². The van der Waals surface area contributed by atoms with Gasteiger partial charge in [-0.05, 0) is 17.2 Å². The molecule has 3 rings (SSSR count). The van der Waals surface area contributed by atoms with E-state index in [9.17, 15) is 4.79 Å². The monoisotopic (exact) mass is 407 g/mol. The summed E-state index contributed by atoms with van der Waals surface area (Å²) in [4.78, 5) is 14.9. The average molecular weight is 408 g/mol. The highest BCUT2D eigenvalue weighted by atomic mass is 35.5. The van der Waals surface area contributed by atoms with Crippen LogP contribution in [0, 0.1) is 0 Å². The SMILES string of the molecule is Cl.O=C(CC(c1ccccc1)c1ccccc1Cl)NCCN1CCNCC1. The maximum Gasteiger partial charge on any atom is 0.220 e. The van der Waals surface area contributed by atoms with Crippen molar-refractivity contribution in [3.63, 3.8) is 0 Å². The number of amides is 1. The van der Waals surface area contributed by atoms with Gasteiger partial charge in [0.2, 0.25) is 5.91 Å². The standard InChI is InChI=1S/C21H26ClN3O.ClH/c22-20-9-5-4-8-18(20)19(17-6-2-1-3-7-17)16-21(26)24-12-15-25-13-10-23-11-14-25;/h1-9,19,23H,10-16H2,(H,24,26);1H. The minimum Gasteiger partial charge on any atom is -0.355 e. The summed E-state index contributed by atoms with van der Waals surface area (Å²) in [6, 6.07) is 17.9. The quantitative estimate of drug-likeness (QED) is 0.739. The molecule has 4 nitrogen and oxygen atoms in total. The van der Waals surface area contributed by atoms with E-state index in [0.717, 1.165) is 43.9 Å². The second kappa shape index (κ2) is 11.3. The number of piperazine rings is 1. The summed E-state index contributed by atoms with van der Waals surface area (Å²) in [6.45, 7) is 5.72. The highest BCUT2D eigenvalue weighted by molar-refractivity contribution is 6.31. The van der Waals surface area contributed by atoms with Gasteiger partial charge in [-0.3, -0.25) is 9.69 Å². The van der Waals surface area contributed by atoms with E-state index in [1.54, 1.807) is 0 Å². The number of halogens is 2. The van der Waals surface area contributed by atoms with E-state index >= 15 is 0 Å². The van der Waals surface area contributed by atoms with Crippen molar-refractivity contribution >= 4 is 29.9 Å². The van der Waals surface area contributed by atoms with Gasteiger partial charge in [-0.2, -0.15) is 0 Å². The molecule has 1 saturated heterocycles. The van der Waals surface area contributed by atoms with Gasteiger partial charge in [-0.15, -0.1) is 12.4 Å². The van der Waals surface area contributed by atoms with Crippen LogP contribution in [0.3, 0.4) is 0 Å². The first-order valence-electron chi connectivity index (χ1n) is 9.23. The summed E-state index contributed by atoms with van der Waals surface area (Å²) in [6.07, 6.45) is 0.398. The number of benzene rings is 2. The highest BCUT2D eigenvalue weighted by Crippen LogP contribution is 2.32. The van der Waals surface area contributed by atoms with Crippen LogP contribution in [0.25, 0.3) is 0 Å². The zero-order chi connectivity index (χ0) is 18.2. The maximum absolute atomic E-state index is 12.6. The fourth-order valence-corrected chi connectivity index (χ4v) is 3.66. The van der Waals surface area contributed by atoms with Crippen LogP contribution >= 0.6 is 24.0 Å². The summed E-state index contributed by atoms with van der Waals surface area (Å²) >= 11 is 6.41. The minimum atomic E-state index is -0.0379. The molecule has 1 aliphatic heterocycles. The summed E-state index contributed by atoms with van der Waals surface area (Å²) in [5.41, 5.74) is 2.11. The molecule has 0 aromatic heterocycles. The lowest BCUT2D eigenvalue weighted by atomic mass is 9.88. The number of nitrogens with one attached hydrogen (secondary N) is 2. The van der Waals surface area contributed by atoms with Gasteiger partial charge in [-0.1, -0.05) is 60.1 Å². The molecule has 0 spiro atoms. The fourth-order valence-electron chi connectivity index (χ4n) is 3.40. The number of rotatable bonds is 7. The van der Waals surface area contributed by atoms with Crippen LogP contribution in [-0.2, 0) is 4.79 Å². The molecule has 1 heterocycles. The van der Waals surface area contributed by atoms with Crippen LogP contribution in [0.15, 0.2) is 54.6 Å². The molecule has 6 heteroatoms. The Kier molecular flexibility index (Phi) is 9.08. The second-order valence-corrected chi connectivity index (χ2v) is 7.04. The van der Waals surface area contributed by atoms with E-state index in [4.69, 9.17) is 11.6 Å². The van der Waals surface area contributed by atoms with Gasteiger partial charge < -0.3 is 10.6 Å². The van der Waals surface area contributed by atoms with Crippen molar-refractivity contribution in [1.29, 1.82) is 0 Å². The number of carbonyl (C=O) groups is 1. The fraction of sp³-hybridized carbons (Fsp3) is 0.381. The molecule has 146 valence electrons. The molecule has 0 bridgehead atoms. The van der Waals surface area contributed by atoms with E-state index in [0.29, 0.717) is 18.0 Å². The van der Waals surface area contributed by atoms with Gasteiger partial charge in [0, 0.05) is 56.6 Å². The topological polar surface area (TPSA) is 44.4 Å². The van der Waals surface area contributed by atoms with Crippen LogP contribution in [0.1, 0.15) is 23.5 Å². The van der Waals surface area contributed by atoms with E-state index < -0.39 is 0 Å². The Morgan fingerprint density at radius 2 is 1.74 bits per heavy atom. The maximum atomic E-state index is 12.6. The van der Waals surface area contributed by atoms with E-state index in [1.807, 2.05) is 42.5 Å². The Labute approximate surface area is 172 Å². The zero-order valence-corrected chi connectivity index (χ0v) is 16.9. The van der Waals surface area contributed by atoms with Crippen molar-refractivity contribution < 1.29 is 4.79 Å². The molecule has 2 aromatic carbocycles. The van der Waals surface area contributed by atoms with Gasteiger partial charge in [0.15, 0.2) is 0 Å². The minimum absolute atomic E-state index is 0. The number of hydrogen-bond acceptors (Lipinski definition) is 3. The van der Waals surface area contributed by atoms with E-state index in [-0.39, 0.29) is 24.2 Å². The summed E-state index contributed by atoms with van der Waals surface area (Å²) in [7, 11) is 0. The van der Waals surface area contributed by atoms with Crippen LogP contribution in [0.2, 0.25) is 5.02 Å².